The maximum atomic E-state index is 13.8. The van der Waals surface area contributed by atoms with Gasteiger partial charge in [-0.2, -0.15) is 0 Å². The van der Waals surface area contributed by atoms with E-state index in [-0.39, 0.29) is 11.9 Å². The minimum atomic E-state index is -0.102. The van der Waals surface area contributed by atoms with Crippen molar-refractivity contribution < 1.29 is 4.39 Å². The Kier molecular flexibility index (Phi) is 3.98. The maximum absolute atomic E-state index is 13.8. The van der Waals surface area contributed by atoms with Gasteiger partial charge in [-0.1, -0.05) is 35.7 Å². The lowest BCUT2D eigenvalue weighted by Gasteiger charge is -2.19. The molecular formula is C13H17BrFN. The summed E-state index contributed by atoms with van der Waals surface area (Å²) in [6, 6.07) is 5.34. The number of nitrogens with one attached hydrogen (secondary N) is 1. The third-order valence-electron chi connectivity index (χ3n) is 3.05. The van der Waals surface area contributed by atoms with Crippen molar-refractivity contribution in [3.8, 4) is 0 Å². The SMILES string of the molecule is CCNC(CC1CC1)c1cc(Br)ccc1F. The highest BCUT2D eigenvalue weighted by Crippen LogP contribution is 2.38. The lowest BCUT2D eigenvalue weighted by atomic mass is 10.0. The van der Waals surface area contributed by atoms with E-state index in [9.17, 15) is 4.39 Å². The molecule has 1 saturated carbocycles. The summed E-state index contributed by atoms with van der Waals surface area (Å²) in [5.41, 5.74) is 0.795. The van der Waals surface area contributed by atoms with E-state index in [4.69, 9.17) is 0 Å². The van der Waals surface area contributed by atoms with Crippen molar-refractivity contribution in [1.29, 1.82) is 0 Å². The van der Waals surface area contributed by atoms with Gasteiger partial charge in [0.2, 0.25) is 0 Å². The molecule has 0 radical (unpaired) electrons. The van der Waals surface area contributed by atoms with Crippen molar-refractivity contribution in [2.24, 2.45) is 5.92 Å². The van der Waals surface area contributed by atoms with E-state index in [0.29, 0.717) is 0 Å². The average molecular weight is 286 g/mol. The van der Waals surface area contributed by atoms with Gasteiger partial charge < -0.3 is 5.32 Å². The van der Waals surface area contributed by atoms with E-state index in [1.54, 1.807) is 6.07 Å². The van der Waals surface area contributed by atoms with Gasteiger partial charge >= 0.3 is 0 Å². The fourth-order valence-electron chi connectivity index (χ4n) is 2.04. The Morgan fingerprint density at radius 2 is 2.25 bits per heavy atom. The van der Waals surface area contributed by atoms with Crippen LogP contribution in [0.15, 0.2) is 22.7 Å². The first-order valence-corrected chi connectivity index (χ1v) is 6.68. The predicted octanol–water partition coefficient (Wildman–Crippen LogP) is 4.04. The van der Waals surface area contributed by atoms with Crippen LogP contribution in [-0.4, -0.2) is 6.54 Å². The normalized spacial score (nSPS) is 17.4. The van der Waals surface area contributed by atoms with Crippen LogP contribution in [0.4, 0.5) is 4.39 Å². The fraction of sp³-hybridized carbons (Fsp3) is 0.538. The summed E-state index contributed by atoms with van der Waals surface area (Å²) < 4.78 is 14.7. The molecule has 16 heavy (non-hydrogen) atoms. The Bertz CT molecular complexity index is 363. The molecule has 2 rings (SSSR count). The number of rotatable bonds is 5. The molecular weight excluding hydrogens is 269 g/mol. The van der Waals surface area contributed by atoms with Crippen molar-refractivity contribution in [2.45, 2.75) is 32.2 Å². The Morgan fingerprint density at radius 3 is 2.88 bits per heavy atom. The smallest absolute Gasteiger partial charge is 0.128 e. The molecule has 88 valence electrons. The first-order valence-electron chi connectivity index (χ1n) is 5.89. The zero-order valence-electron chi connectivity index (χ0n) is 9.47. The summed E-state index contributed by atoms with van der Waals surface area (Å²) in [5.74, 6) is 0.692. The zero-order chi connectivity index (χ0) is 11.5. The van der Waals surface area contributed by atoms with E-state index in [0.717, 1.165) is 28.9 Å². The van der Waals surface area contributed by atoms with Crippen LogP contribution in [0.3, 0.4) is 0 Å². The van der Waals surface area contributed by atoms with Crippen molar-refractivity contribution in [2.75, 3.05) is 6.54 Å². The molecule has 0 saturated heterocycles. The largest absolute Gasteiger partial charge is 0.310 e. The molecule has 1 atom stereocenters. The van der Waals surface area contributed by atoms with Crippen LogP contribution >= 0.6 is 15.9 Å². The fourth-order valence-corrected chi connectivity index (χ4v) is 2.41. The van der Waals surface area contributed by atoms with E-state index in [1.807, 2.05) is 6.07 Å². The monoisotopic (exact) mass is 285 g/mol. The number of hydrogen-bond acceptors (Lipinski definition) is 1. The Hall–Kier alpha value is -0.410. The second-order valence-corrected chi connectivity index (χ2v) is 5.37. The van der Waals surface area contributed by atoms with E-state index in [2.05, 4.69) is 28.2 Å². The van der Waals surface area contributed by atoms with Crippen LogP contribution in [0.25, 0.3) is 0 Å². The molecule has 1 unspecified atom stereocenters. The van der Waals surface area contributed by atoms with Crippen LogP contribution < -0.4 is 5.32 Å². The minimum Gasteiger partial charge on any atom is -0.310 e. The van der Waals surface area contributed by atoms with Gasteiger partial charge in [-0.05, 0) is 37.1 Å². The summed E-state index contributed by atoms with van der Waals surface area (Å²) in [4.78, 5) is 0. The summed E-state index contributed by atoms with van der Waals surface area (Å²) in [7, 11) is 0. The number of benzene rings is 1. The molecule has 1 nitrogen and oxygen atoms in total. The molecule has 0 bridgehead atoms. The minimum absolute atomic E-state index is 0.102. The van der Waals surface area contributed by atoms with Gasteiger partial charge in [-0.15, -0.1) is 0 Å². The first-order chi connectivity index (χ1) is 7.70. The molecule has 1 aromatic carbocycles. The van der Waals surface area contributed by atoms with E-state index < -0.39 is 0 Å². The second-order valence-electron chi connectivity index (χ2n) is 4.46. The van der Waals surface area contributed by atoms with Crippen LogP contribution in [0.5, 0.6) is 0 Å². The standard InChI is InChI=1S/C13H17BrFN/c1-2-16-13(7-9-3-4-9)11-8-10(14)5-6-12(11)15/h5-6,8-9,13,16H,2-4,7H2,1H3. The van der Waals surface area contributed by atoms with Crippen molar-refractivity contribution >= 4 is 15.9 Å². The molecule has 1 fully saturated rings. The Balaban J connectivity index is 2.18. The third-order valence-corrected chi connectivity index (χ3v) is 3.54. The molecule has 0 spiro atoms. The highest BCUT2D eigenvalue weighted by atomic mass is 79.9. The van der Waals surface area contributed by atoms with E-state index >= 15 is 0 Å². The van der Waals surface area contributed by atoms with Crippen molar-refractivity contribution in [3.05, 3.63) is 34.1 Å². The molecule has 1 aliphatic rings. The van der Waals surface area contributed by atoms with Gasteiger partial charge in [-0.25, -0.2) is 4.39 Å². The van der Waals surface area contributed by atoms with E-state index in [1.165, 1.54) is 18.9 Å². The molecule has 1 N–H and O–H groups in total. The van der Waals surface area contributed by atoms with Gasteiger partial charge in [0.25, 0.3) is 0 Å². The van der Waals surface area contributed by atoms with Gasteiger partial charge in [0.05, 0.1) is 0 Å². The molecule has 0 aliphatic heterocycles. The molecule has 1 aromatic rings. The topological polar surface area (TPSA) is 12.0 Å². The summed E-state index contributed by atoms with van der Waals surface area (Å²) in [6.07, 6.45) is 3.66. The summed E-state index contributed by atoms with van der Waals surface area (Å²) >= 11 is 3.40. The maximum Gasteiger partial charge on any atom is 0.128 e. The third kappa shape index (κ3) is 3.05. The quantitative estimate of drug-likeness (QED) is 0.861. The van der Waals surface area contributed by atoms with Crippen molar-refractivity contribution in [1.82, 2.24) is 5.32 Å². The Labute approximate surface area is 105 Å². The second kappa shape index (κ2) is 5.28. The Morgan fingerprint density at radius 1 is 1.50 bits per heavy atom. The first kappa shape index (κ1) is 12.1. The van der Waals surface area contributed by atoms with Gasteiger partial charge in [0.1, 0.15) is 5.82 Å². The van der Waals surface area contributed by atoms with Gasteiger partial charge in [-0.3, -0.25) is 0 Å². The summed E-state index contributed by atoms with van der Waals surface area (Å²) in [5, 5.41) is 3.38. The number of halogens is 2. The van der Waals surface area contributed by atoms with Crippen LogP contribution in [0.1, 0.15) is 37.8 Å². The van der Waals surface area contributed by atoms with Gasteiger partial charge in [0, 0.05) is 16.1 Å². The lowest BCUT2D eigenvalue weighted by molar-refractivity contribution is 0.463. The zero-order valence-corrected chi connectivity index (χ0v) is 11.1. The van der Waals surface area contributed by atoms with Crippen molar-refractivity contribution in [3.63, 3.8) is 0 Å². The lowest BCUT2D eigenvalue weighted by Crippen LogP contribution is -2.22. The average Bonchev–Trinajstić information content (AvgIpc) is 3.05. The molecule has 3 heteroatoms. The molecule has 1 aliphatic carbocycles. The number of hydrogen-bond donors (Lipinski definition) is 1. The summed E-state index contributed by atoms with van der Waals surface area (Å²) in [6.45, 7) is 2.94. The van der Waals surface area contributed by atoms with Crippen LogP contribution in [-0.2, 0) is 0 Å². The molecule has 0 aromatic heterocycles. The highest BCUT2D eigenvalue weighted by Gasteiger charge is 2.27. The highest BCUT2D eigenvalue weighted by molar-refractivity contribution is 9.10. The molecule has 0 heterocycles. The van der Waals surface area contributed by atoms with Crippen LogP contribution in [0.2, 0.25) is 0 Å². The molecule has 0 amide bonds. The van der Waals surface area contributed by atoms with Crippen LogP contribution in [0, 0.1) is 11.7 Å². The van der Waals surface area contributed by atoms with Gasteiger partial charge in [0.15, 0.2) is 0 Å². The predicted molar refractivity (Wildman–Crippen MR) is 67.9 cm³/mol.